The van der Waals surface area contributed by atoms with Gasteiger partial charge in [0.1, 0.15) is 0 Å². The lowest BCUT2D eigenvalue weighted by Gasteiger charge is -2.09. The molecule has 2 rings (SSSR count). The molecule has 0 aliphatic rings. The Bertz CT molecular complexity index is 511. The van der Waals surface area contributed by atoms with Gasteiger partial charge in [0.2, 0.25) is 0 Å². The van der Waals surface area contributed by atoms with Crippen molar-refractivity contribution in [3.05, 3.63) is 63.9 Å². The lowest BCUT2D eigenvalue weighted by molar-refractivity contribution is 0.672. The third-order valence-electron chi connectivity index (χ3n) is 2.93. The first-order valence-corrected chi connectivity index (χ1v) is 6.97. The summed E-state index contributed by atoms with van der Waals surface area (Å²) in [5.41, 5.74) is 3.73. The number of rotatable bonds is 5. The molecular weight excluding hydrogens is 288 g/mol. The van der Waals surface area contributed by atoms with E-state index in [1.54, 1.807) is 0 Å². The highest BCUT2D eigenvalue weighted by Gasteiger charge is 2.02. The van der Waals surface area contributed by atoms with E-state index < -0.39 is 0 Å². The Morgan fingerprint density at radius 2 is 1.83 bits per heavy atom. The first kappa shape index (κ1) is 13.2. The van der Waals surface area contributed by atoms with Gasteiger partial charge in [0.15, 0.2) is 0 Å². The molecule has 0 aliphatic carbocycles. The smallest absolute Gasteiger partial charge is 0.0573 e. The van der Waals surface area contributed by atoms with E-state index >= 15 is 0 Å². The summed E-state index contributed by atoms with van der Waals surface area (Å²) in [4.78, 5) is 4.43. The second kappa shape index (κ2) is 6.66. The van der Waals surface area contributed by atoms with Gasteiger partial charge in [0.25, 0.3) is 0 Å². The number of aromatic nitrogens is 1. The Hall–Kier alpha value is -1.19. The van der Waals surface area contributed by atoms with Crippen LogP contribution in [0.25, 0.3) is 0 Å². The third kappa shape index (κ3) is 3.40. The minimum absolute atomic E-state index is 0.811. The topological polar surface area (TPSA) is 24.9 Å². The normalized spacial score (nSPS) is 10.6. The highest BCUT2D eigenvalue weighted by atomic mass is 79.9. The molecule has 0 atom stereocenters. The Morgan fingerprint density at radius 3 is 2.61 bits per heavy atom. The molecule has 0 bridgehead atoms. The molecule has 0 saturated carbocycles. The SMILES string of the molecule is CCc1cccnc1CNCc1ccccc1Br. The Morgan fingerprint density at radius 1 is 1.06 bits per heavy atom. The molecule has 1 N–H and O–H groups in total. The van der Waals surface area contributed by atoms with Gasteiger partial charge in [-0.1, -0.05) is 47.1 Å². The molecule has 2 nitrogen and oxygen atoms in total. The standard InChI is InChI=1S/C15H17BrN2/c1-2-12-7-5-9-18-15(12)11-17-10-13-6-3-4-8-14(13)16/h3-9,17H,2,10-11H2,1H3. The summed E-state index contributed by atoms with van der Waals surface area (Å²) in [6.07, 6.45) is 2.88. The molecule has 18 heavy (non-hydrogen) atoms. The largest absolute Gasteiger partial charge is 0.307 e. The van der Waals surface area contributed by atoms with E-state index in [-0.39, 0.29) is 0 Å². The van der Waals surface area contributed by atoms with Gasteiger partial charge in [0.05, 0.1) is 5.69 Å². The molecular formula is C15H17BrN2. The molecule has 2 aromatic rings. The predicted molar refractivity (Wildman–Crippen MR) is 78.3 cm³/mol. The summed E-state index contributed by atoms with van der Waals surface area (Å²) in [7, 11) is 0. The molecule has 1 heterocycles. The van der Waals surface area contributed by atoms with Gasteiger partial charge in [-0.05, 0) is 29.7 Å². The first-order chi connectivity index (χ1) is 8.81. The molecule has 0 fully saturated rings. The number of nitrogens with zero attached hydrogens (tertiary/aromatic N) is 1. The van der Waals surface area contributed by atoms with Crippen LogP contribution < -0.4 is 5.32 Å². The molecule has 0 radical (unpaired) electrons. The van der Waals surface area contributed by atoms with Crippen LogP contribution in [0.5, 0.6) is 0 Å². The van der Waals surface area contributed by atoms with Gasteiger partial charge in [-0.25, -0.2) is 0 Å². The van der Waals surface area contributed by atoms with Crippen molar-refractivity contribution in [2.75, 3.05) is 0 Å². The van der Waals surface area contributed by atoms with E-state index in [2.05, 4.69) is 57.4 Å². The zero-order valence-electron chi connectivity index (χ0n) is 10.5. The number of halogens is 1. The number of hydrogen-bond donors (Lipinski definition) is 1. The average molecular weight is 305 g/mol. The summed E-state index contributed by atoms with van der Waals surface area (Å²) in [5, 5.41) is 3.44. The van der Waals surface area contributed by atoms with Gasteiger partial charge in [0, 0.05) is 23.8 Å². The van der Waals surface area contributed by atoms with Gasteiger partial charge in [-0.15, -0.1) is 0 Å². The Labute approximate surface area is 117 Å². The highest BCUT2D eigenvalue weighted by Crippen LogP contribution is 2.15. The third-order valence-corrected chi connectivity index (χ3v) is 3.70. The first-order valence-electron chi connectivity index (χ1n) is 6.18. The molecule has 0 saturated heterocycles. The van der Waals surface area contributed by atoms with Crippen LogP contribution in [-0.4, -0.2) is 4.98 Å². The summed E-state index contributed by atoms with van der Waals surface area (Å²) >= 11 is 3.56. The van der Waals surface area contributed by atoms with Crippen molar-refractivity contribution in [2.45, 2.75) is 26.4 Å². The minimum Gasteiger partial charge on any atom is -0.307 e. The minimum atomic E-state index is 0.811. The van der Waals surface area contributed by atoms with Crippen molar-refractivity contribution < 1.29 is 0 Å². The fourth-order valence-corrected chi connectivity index (χ4v) is 2.33. The Balaban J connectivity index is 1.95. The van der Waals surface area contributed by atoms with Crippen LogP contribution in [0, 0.1) is 0 Å². The van der Waals surface area contributed by atoms with E-state index in [0.29, 0.717) is 0 Å². The maximum absolute atomic E-state index is 4.43. The molecule has 3 heteroatoms. The molecule has 1 aromatic carbocycles. The maximum Gasteiger partial charge on any atom is 0.0573 e. The van der Waals surface area contributed by atoms with Crippen molar-refractivity contribution in [2.24, 2.45) is 0 Å². The van der Waals surface area contributed by atoms with E-state index in [0.717, 1.165) is 29.7 Å². The van der Waals surface area contributed by atoms with Crippen molar-refractivity contribution in [1.29, 1.82) is 0 Å². The van der Waals surface area contributed by atoms with E-state index in [9.17, 15) is 0 Å². The number of hydrogen-bond acceptors (Lipinski definition) is 2. The number of pyridine rings is 1. The van der Waals surface area contributed by atoms with Gasteiger partial charge >= 0.3 is 0 Å². The van der Waals surface area contributed by atoms with Crippen LogP contribution in [-0.2, 0) is 19.5 Å². The fraction of sp³-hybridized carbons (Fsp3) is 0.267. The van der Waals surface area contributed by atoms with Crippen LogP contribution in [0.2, 0.25) is 0 Å². The van der Waals surface area contributed by atoms with E-state index in [1.165, 1.54) is 11.1 Å². The molecule has 0 spiro atoms. The van der Waals surface area contributed by atoms with Gasteiger partial charge in [-0.3, -0.25) is 4.98 Å². The summed E-state index contributed by atoms with van der Waals surface area (Å²) < 4.78 is 1.15. The molecule has 1 aromatic heterocycles. The van der Waals surface area contributed by atoms with Crippen molar-refractivity contribution in [1.82, 2.24) is 10.3 Å². The van der Waals surface area contributed by atoms with Crippen molar-refractivity contribution in [3.63, 3.8) is 0 Å². The van der Waals surface area contributed by atoms with E-state index in [4.69, 9.17) is 0 Å². The summed E-state index contributed by atoms with van der Waals surface area (Å²) in [6.45, 7) is 3.82. The Kier molecular flexibility index (Phi) is 4.90. The number of nitrogens with one attached hydrogen (secondary N) is 1. The number of aryl methyl sites for hydroxylation is 1. The quantitative estimate of drug-likeness (QED) is 0.911. The predicted octanol–water partition coefficient (Wildman–Crippen LogP) is 3.70. The number of benzene rings is 1. The van der Waals surface area contributed by atoms with Crippen LogP contribution in [0.4, 0.5) is 0 Å². The van der Waals surface area contributed by atoms with Crippen molar-refractivity contribution >= 4 is 15.9 Å². The zero-order chi connectivity index (χ0) is 12.8. The second-order valence-electron chi connectivity index (χ2n) is 4.16. The van der Waals surface area contributed by atoms with Crippen LogP contribution in [0.3, 0.4) is 0 Å². The lowest BCUT2D eigenvalue weighted by Crippen LogP contribution is -2.15. The zero-order valence-corrected chi connectivity index (χ0v) is 12.1. The highest BCUT2D eigenvalue weighted by molar-refractivity contribution is 9.10. The van der Waals surface area contributed by atoms with Crippen LogP contribution in [0.15, 0.2) is 47.1 Å². The van der Waals surface area contributed by atoms with Crippen molar-refractivity contribution in [3.8, 4) is 0 Å². The second-order valence-corrected chi connectivity index (χ2v) is 5.01. The molecule has 0 amide bonds. The van der Waals surface area contributed by atoms with E-state index in [1.807, 2.05) is 18.3 Å². The monoisotopic (exact) mass is 304 g/mol. The average Bonchev–Trinajstić information content (AvgIpc) is 2.41. The van der Waals surface area contributed by atoms with Gasteiger partial charge in [-0.2, -0.15) is 0 Å². The summed E-state index contributed by atoms with van der Waals surface area (Å²) in [5.74, 6) is 0. The molecule has 0 unspecified atom stereocenters. The summed E-state index contributed by atoms with van der Waals surface area (Å²) in [6, 6.07) is 12.4. The lowest BCUT2D eigenvalue weighted by atomic mass is 10.1. The van der Waals surface area contributed by atoms with Gasteiger partial charge < -0.3 is 5.32 Å². The molecule has 94 valence electrons. The maximum atomic E-state index is 4.43. The van der Waals surface area contributed by atoms with Crippen LogP contribution in [0.1, 0.15) is 23.7 Å². The molecule has 0 aliphatic heterocycles. The van der Waals surface area contributed by atoms with Crippen LogP contribution >= 0.6 is 15.9 Å². The fourth-order valence-electron chi connectivity index (χ4n) is 1.91.